The van der Waals surface area contributed by atoms with Crippen LogP contribution in [-0.2, 0) is 45.4 Å². The lowest BCUT2D eigenvalue weighted by Gasteiger charge is -2.42. The molecule has 0 amide bonds. The third-order valence-electron chi connectivity index (χ3n) is 8.64. The molecule has 5 aromatic rings. The molecule has 0 aliphatic heterocycles. The normalized spacial score (nSPS) is 17.3. The number of aliphatic hydroxyl groups excluding tert-OH is 1. The van der Waals surface area contributed by atoms with Crippen LogP contribution in [0.3, 0.4) is 0 Å². The summed E-state index contributed by atoms with van der Waals surface area (Å²) in [5.74, 6) is -3.60. The van der Waals surface area contributed by atoms with Crippen LogP contribution in [0.5, 0.6) is 5.75 Å². The third-order valence-corrected chi connectivity index (χ3v) is 8.64. The molecule has 3 N–H and O–H groups in total. The van der Waals surface area contributed by atoms with E-state index >= 15 is 0 Å². The summed E-state index contributed by atoms with van der Waals surface area (Å²) in [6.07, 6.45) is 0.974. The van der Waals surface area contributed by atoms with Gasteiger partial charge in [0.15, 0.2) is 5.79 Å². The monoisotopic (exact) mass is 670 g/mol. The number of aliphatic hydroxyl groups is 2. The van der Waals surface area contributed by atoms with Crippen molar-refractivity contribution in [1.29, 1.82) is 0 Å². The van der Waals surface area contributed by atoms with Crippen LogP contribution in [0.1, 0.15) is 34.7 Å². The van der Waals surface area contributed by atoms with Gasteiger partial charge in [-0.3, -0.25) is 0 Å². The second-order valence-corrected chi connectivity index (χ2v) is 12.4. The number of hydrogen-bond donors (Lipinski definition) is 3. The molecule has 0 saturated carbocycles. The van der Waals surface area contributed by atoms with Gasteiger partial charge in [0, 0.05) is 5.56 Å². The molecule has 1 aliphatic rings. The van der Waals surface area contributed by atoms with Crippen LogP contribution in [0.4, 0.5) is 0 Å². The number of hydrogen-bond acceptors (Lipinski definition) is 7. The molecule has 3 unspecified atom stereocenters. The average Bonchev–Trinajstić information content (AvgIpc) is 3.16. The minimum atomic E-state index is -2.04. The van der Waals surface area contributed by atoms with Gasteiger partial charge in [-0.25, -0.2) is 0 Å². The van der Waals surface area contributed by atoms with Gasteiger partial charge in [0.1, 0.15) is 18.0 Å². The molecule has 1 aliphatic carbocycles. The summed E-state index contributed by atoms with van der Waals surface area (Å²) >= 11 is 0. The molecule has 7 nitrogen and oxygen atoms in total. The Kier molecular flexibility index (Phi) is 11.4. The first-order chi connectivity index (χ1) is 24.3. The SMILES string of the molecule is CC(O)(OCc1ccccc1)C(O)C1=CC(OCc2ccccc2)C(OCc2ccccc2)(OCc2ccccc2)C=C1c1ccccc1O. The molecule has 7 heteroatoms. The van der Waals surface area contributed by atoms with Crippen molar-refractivity contribution in [2.75, 3.05) is 0 Å². The van der Waals surface area contributed by atoms with Crippen molar-refractivity contribution < 1.29 is 34.3 Å². The van der Waals surface area contributed by atoms with Crippen LogP contribution in [0.25, 0.3) is 5.57 Å². The molecule has 5 aromatic carbocycles. The number of phenolic OH excluding ortho intramolecular Hbond substituents is 1. The maximum Gasteiger partial charge on any atom is 0.220 e. The van der Waals surface area contributed by atoms with E-state index in [2.05, 4.69) is 0 Å². The highest BCUT2D eigenvalue weighted by atomic mass is 16.7. The Bertz CT molecular complexity index is 1810. The molecule has 0 fully saturated rings. The van der Waals surface area contributed by atoms with Gasteiger partial charge in [0.2, 0.25) is 5.79 Å². The van der Waals surface area contributed by atoms with Crippen LogP contribution in [0, 0.1) is 0 Å². The van der Waals surface area contributed by atoms with Crippen molar-refractivity contribution in [1.82, 2.24) is 0 Å². The topological polar surface area (TPSA) is 97.6 Å². The number of para-hydroxylation sites is 1. The standard InChI is InChI=1S/C43H42O7/c1-42(46,48-29-33-18-8-3-9-19-33)41(45)37-26-40(47-28-32-16-6-2-7-17-32)43(49-30-34-20-10-4-11-21-34,50-31-35-22-12-5-13-23-35)27-38(37)36-24-14-15-25-39(36)44/h2-27,40-41,44-46H,28-31H2,1H3. The molecule has 6 rings (SSSR count). The fourth-order valence-corrected chi connectivity index (χ4v) is 5.83. The van der Waals surface area contributed by atoms with Crippen LogP contribution in [-0.4, -0.2) is 39.1 Å². The first kappa shape index (κ1) is 35.0. The van der Waals surface area contributed by atoms with E-state index in [4.69, 9.17) is 18.9 Å². The third kappa shape index (κ3) is 8.64. The molecular formula is C43H42O7. The van der Waals surface area contributed by atoms with Gasteiger partial charge in [-0.05, 0) is 58.5 Å². The van der Waals surface area contributed by atoms with Crippen LogP contribution < -0.4 is 0 Å². The van der Waals surface area contributed by atoms with Gasteiger partial charge in [-0.15, -0.1) is 0 Å². The highest BCUT2D eigenvalue weighted by Gasteiger charge is 2.47. The Morgan fingerprint density at radius 2 is 1.06 bits per heavy atom. The summed E-state index contributed by atoms with van der Waals surface area (Å²) in [7, 11) is 0. The van der Waals surface area contributed by atoms with E-state index in [0.29, 0.717) is 11.1 Å². The lowest BCUT2D eigenvalue weighted by Crippen LogP contribution is -2.50. The number of ether oxygens (including phenoxy) is 4. The fraction of sp³-hybridized carbons (Fsp3) is 0.209. The van der Waals surface area contributed by atoms with Gasteiger partial charge in [-0.2, -0.15) is 0 Å². The van der Waals surface area contributed by atoms with E-state index in [-0.39, 0.29) is 37.8 Å². The predicted molar refractivity (Wildman–Crippen MR) is 192 cm³/mol. The smallest absolute Gasteiger partial charge is 0.220 e. The summed E-state index contributed by atoms with van der Waals surface area (Å²) < 4.78 is 26.1. The molecule has 0 spiro atoms. The summed E-state index contributed by atoms with van der Waals surface area (Å²) in [5, 5.41) is 34.8. The maximum absolute atomic E-state index is 12.0. The molecule has 3 atom stereocenters. The van der Waals surface area contributed by atoms with Gasteiger partial charge in [0.25, 0.3) is 0 Å². The second kappa shape index (κ2) is 16.2. The van der Waals surface area contributed by atoms with E-state index in [1.54, 1.807) is 36.4 Å². The Morgan fingerprint density at radius 3 is 1.56 bits per heavy atom. The van der Waals surface area contributed by atoms with Crippen LogP contribution in [0.2, 0.25) is 0 Å². The zero-order valence-corrected chi connectivity index (χ0v) is 28.0. The van der Waals surface area contributed by atoms with Crippen molar-refractivity contribution in [2.45, 2.75) is 57.1 Å². The van der Waals surface area contributed by atoms with E-state index in [1.165, 1.54) is 6.92 Å². The zero-order chi connectivity index (χ0) is 34.8. The molecule has 0 aromatic heterocycles. The first-order valence-corrected chi connectivity index (χ1v) is 16.7. The number of rotatable bonds is 15. The Morgan fingerprint density at radius 1 is 0.620 bits per heavy atom. The maximum atomic E-state index is 12.0. The van der Waals surface area contributed by atoms with Crippen molar-refractivity contribution >= 4 is 5.57 Å². The minimum Gasteiger partial charge on any atom is -0.507 e. The summed E-state index contributed by atoms with van der Waals surface area (Å²) in [4.78, 5) is 0. The molecule has 50 heavy (non-hydrogen) atoms. The van der Waals surface area contributed by atoms with Crippen LogP contribution in [0.15, 0.2) is 163 Å². The van der Waals surface area contributed by atoms with E-state index in [1.807, 2.05) is 121 Å². The zero-order valence-electron chi connectivity index (χ0n) is 28.0. The molecule has 0 bridgehead atoms. The number of phenols is 1. The van der Waals surface area contributed by atoms with Crippen molar-refractivity contribution in [3.05, 3.63) is 191 Å². The molecule has 0 heterocycles. The molecule has 256 valence electrons. The number of benzene rings is 5. The summed E-state index contributed by atoms with van der Waals surface area (Å²) in [5.41, 5.74) is 4.69. The molecular weight excluding hydrogens is 628 g/mol. The lowest BCUT2D eigenvalue weighted by atomic mass is 9.82. The Hall–Kier alpha value is -4.86. The first-order valence-electron chi connectivity index (χ1n) is 16.7. The van der Waals surface area contributed by atoms with Gasteiger partial charge >= 0.3 is 0 Å². The highest BCUT2D eigenvalue weighted by molar-refractivity contribution is 5.85. The average molecular weight is 671 g/mol. The van der Waals surface area contributed by atoms with Crippen molar-refractivity contribution in [3.8, 4) is 5.75 Å². The van der Waals surface area contributed by atoms with E-state index in [0.717, 1.165) is 22.3 Å². The second-order valence-electron chi connectivity index (χ2n) is 12.4. The van der Waals surface area contributed by atoms with Gasteiger partial charge in [0.05, 0.1) is 26.4 Å². The Labute approximate surface area is 293 Å². The quantitative estimate of drug-likeness (QED) is 0.0982. The molecule has 0 saturated heterocycles. The van der Waals surface area contributed by atoms with Crippen LogP contribution >= 0.6 is 0 Å². The van der Waals surface area contributed by atoms with E-state index < -0.39 is 23.8 Å². The highest BCUT2D eigenvalue weighted by Crippen LogP contribution is 2.44. The largest absolute Gasteiger partial charge is 0.507 e. The lowest BCUT2D eigenvalue weighted by molar-refractivity contribution is -0.266. The van der Waals surface area contributed by atoms with Gasteiger partial charge in [-0.1, -0.05) is 140 Å². The minimum absolute atomic E-state index is 0.0228. The van der Waals surface area contributed by atoms with Crippen molar-refractivity contribution in [2.24, 2.45) is 0 Å². The number of aromatic hydroxyl groups is 1. The fourth-order valence-electron chi connectivity index (χ4n) is 5.83. The summed E-state index contributed by atoms with van der Waals surface area (Å²) in [6.45, 7) is 2.04. The molecule has 0 radical (unpaired) electrons. The summed E-state index contributed by atoms with van der Waals surface area (Å²) in [6, 6.07) is 45.5. The van der Waals surface area contributed by atoms with Crippen molar-refractivity contribution in [3.63, 3.8) is 0 Å². The Balaban J connectivity index is 1.45. The predicted octanol–water partition coefficient (Wildman–Crippen LogP) is 7.72. The van der Waals surface area contributed by atoms with E-state index in [9.17, 15) is 15.3 Å². The van der Waals surface area contributed by atoms with Gasteiger partial charge < -0.3 is 34.3 Å².